The summed E-state index contributed by atoms with van der Waals surface area (Å²) >= 11 is 0. The first-order chi connectivity index (χ1) is 12.1. The van der Waals surface area contributed by atoms with Gasteiger partial charge in [-0.2, -0.15) is 0 Å². The molecular weight excluding hydrogens is 312 g/mol. The van der Waals surface area contributed by atoms with Gasteiger partial charge in [0, 0.05) is 12.1 Å². The van der Waals surface area contributed by atoms with E-state index in [0.29, 0.717) is 18.5 Å². The number of carbonyl (C=O) groups is 2. The predicted molar refractivity (Wildman–Crippen MR) is 100 cm³/mol. The van der Waals surface area contributed by atoms with Gasteiger partial charge in [-0.15, -0.1) is 0 Å². The summed E-state index contributed by atoms with van der Waals surface area (Å²) in [4.78, 5) is 24.9. The Kier molecular flexibility index (Phi) is 7.20. The zero-order valence-corrected chi connectivity index (χ0v) is 14.9. The van der Waals surface area contributed by atoms with E-state index >= 15 is 0 Å². The van der Waals surface area contributed by atoms with Crippen molar-refractivity contribution in [3.63, 3.8) is 0 Å². The van der Waals surface area contributed by atoms with Gasteiger partial charge in [-0.05, 0) is 37.0 Å². The molecule has 2 rings (SSSR count). The first-order valence-corrected chi connectivity index (χ1v) is 8.80. The van der Waals surface area contributed by atoms with Crippen LogP contribution in [0.5, 0.6) is 0 Å². The fourth-order valence-corrected chi connectivity index (χ4v) is 2.72. The third-order valence-corrected chi connectivity index (χ3v) is 4.14. The van der Waals surface area contributed by atoms with Crippen LogP contribution in [0.25, 0.3) is 0 Å². The van der Waals surface area contributed by atoms with E-state index < -0.39 is 6.04 Å². The lowest BCUT2D eigenvalue weighted by Crippen LogP contribution is -2.47. The zero-order valence-electron chi connectivity index (χ0n) is 14.9. The van der Waals surface area contributed by atoms with Crippen LogP contribution in [0.3, 0.4) is 0 Å². The lowest BCUT2D eigenvalue weighted by atomic mass is 10.1. The summed E-state index contributed by atoms with van der Waals surface area (Å²) in [7, 11) is 0. The summed E-state index contributed by atoms with van der Waals surface area (Å²) in [5, 5.41) is 5.81. The number of aryl methyl sites for hydroxylation is 1. The molecule has 0 aliphatic carbocycles. The van der Waals surface area contributed by atoms with E-state index in [4.69, 9.17) is 0 Å². The Labute approximate surface area is 149 Å². The number of carbonyl (C=O) groups excluding carboxylic acids is 2. The van der Waals surface area contributed by atoms with Crippen molar-refractivity contribution in [2.75, 3.05) is 6.54 Å². The van der Waals surface area contributed by atoms with Gasteiger partial charge in [0.05, 0.1) is 0 Å². The molecule has 2 aromatic rings. The fourth-order valence-electron chi connectivity index (χ4n) is 2.72. The van der Waals surface area contributed by atoms with E-state index in [1.165, 1.54) is 5.56 Å². The van der Waals surface area contributed by atoms with E-state index in [2.05, 4.69) is 10.6 Å². The Hall–Kier alpha value is -2.62. The number of hydrogen-bond acceptors (Lipinski definition) is 2. The summed E-state index contributed by atoms with van der Waals surface area (Å²) < 4.78 is 0. The standard InChI is InChI=1S/C21H26N2O2/c1-3-9-19(23-20(24)18-13-8-7-10-16(18)2)21(25)22-15-14-17-11-5-4-6-12-17/h4-8,10-13,19H,3,9,14-15H2,1-2H3,(H,22,25)(H,23,24). The molecule has 25 heavy (non-hydrogen) atoms. The maximum absolute atomic E-state index is 12.5. The second-order valence-electron chi connectivity index (χ2n) is 6.16. The van der Waals surface area contributed by atoms with Crippen LogP contribution >= 0.6 is 0 Å². The molecule has 1 unspecified atom stereocenters. The smallest absolute Gasteiger partial charge is 0.252 e. The molecule has 4 nitrogen and oxygen atoms in total. The van der Waals surface area contributed by atoms with Crippen molar-refractivity contribution in [1.82, 2.24) is 10.6 Å². The first-order valence-electron chi connectivity index (χ1n) is 8.80. The molecule has 2 amide bonds. The van der Waals surface area contributed by atoms with Crippen molar-refractivity contribution < 1.29 is 9.59 Å². The van der Waals surface area contributed by atoms with Crippen LogP contribution in [-0.2, 0) is 11.2 Å². The highest BCUT2D eigenvalue weighted by Gasteiger charge is 2.20. The van der Waals surface area contributed by atoms with Crippen molar-refractivity contribution in [2.45, 2.75) is 39.2 Å². The average Bonchev–Trinajstić information content (AvgIpc) is 2.62. The zero-order chi connectivity index (χ0) is 18.1. The van der Waals surface area contributed by atoms with Gasteiger partial charge in [-0.1, -0.05) is 61.9 Å². The Bertz CT molecular complexity index is 698. The van der Waals surface area contributed by atoms with Crippen molar-refractivity contribution in [2.24, 2.45) is 0 Å². The number of benzene rings is 2. The van der Waals surface area contributed by atoms with Crippen molar-refractivity contribution in [3.05, 3.63) is 71.3 Å². The Balaban J connectivity index is 1.91. The molecule has 0 spiro atoms. The predicted octanol–water partition coefficient (Wildman–Crippen LogP) is 3.25. The molecule has 132 valence electrons. The minimum atomic E-state index is -0.507. The van der Waals surface area contributed by atoms with Crippen LogP contribution in [0.1, 0.15) is 41.3 Å². The molecule has 0 saturated carbocycles. The van der Waals surface area contributed by atoms with Crippen LogP contribution < -0.4 is 10.6 Å². The monoisotopic (exact) mass is 338 g/mol. The normalized spacial score (nSPS) is 11.6. The lowest BCUT2D eigenvalue weighted by molar-refractivity contribution is -0.123. The van der Waals surface area contributed by atoms with Crippen molar-refractivity contribution >= 4 is 11.8 Å². The number of hydrogen-bond donors (Lipinski definition) is 2. The molecule has 0 aromatic heterocycles. The maximum atomic E-state index is 12.5. The minimum absolute atomic E-state index is 0.125. The fraction of sp³-hybridized carbons (Fsp3) is 0.333. The first kappa shape index (κ1) is 18.7. The van der Waals surface area contributed by atoms with Gasteiger partial charge in [0.1, 0.15) is 6.04 Å². The Morgan fingerprint density at radius 1 is 1.00 bits per heavy atom. The molecule has 2 aromatic carbocycles. The third-order valence-electron chi connectivity index (χ3n) is 4.14. The summed E-state index contributed by atoms with van der Waals surface area (Å²) in [6.45, 7) is 4.46. The summed E-state index contributed by atoms with van der Waals surface area (Å²) in [5.74, 6) is -0.325. The van der Waals surface area contributed by atoms with Crippen LogP contribution in [0.15, 0.2) is 54.6 Å². The Morgan fingerprint density at radius 2 is 1.68 bits per heavy atom. The molecular formula is C21H26N2O2. The largest absolute Gasteiger partial charge is 0.354 e. The third kappa shape index (κ3) is 5.75. The molecule has 0 bridgehead atoms. The van der Waals surface area contributed by atoms with Gasteiger partial charge in [0.2, 0.25) is 5.91 Å². The lowest BCUT2D eigenvalue weighted by Gasteiger charge is -2.18. The number of rotatable bonds is 8. The topological polar surface area (TPSA) is 58.2 Å². The second-order valence-corrected chi connectivity index (χ2v) is 6.16. The van der Waals surface area contributed by atoms with Crippen LogP contribution in [0.4, 0.5) is 0 Å². The summed E-state index contributed by atoms with van der Waals surface area (Å²) in [6.07, 6.45) is 2.22. The van der Waals surface area contributed by atoms with Gasteiger partial charge in [0.25, 0.3) is 5.91 Å². The summed E-state index contributed by atoms with van der Waals surface area (Å²) in [5.41, 5.74) is 2.69. The van der Waals surface area contributed by atoms with Gasteiger partial charge in [0.15, 0.2) is 0 Å². The summed E-state index contributed by atoms with van der Waals surface area (Å²) in [6, 6.07) is 16.9. The molecule has 0 fully saturated rings. The molecule has 0 aliphatic rings. The van der Waals surface area contributed by atoms with Gasteiger partial charge in [-0.3, -0.25) is 9.59 Å². The Morgan fingerprint density at radius 3 is 2.36 bits per heavy atom. The molecule has 0 aliphatic heterocycles. The second kappa shape index (κ2) is 9.62. The molecule has 0 saturated heterocycles. The quantitative estimate of drug-likeness (QED) is 0.776. The van der Waals surface area contributed by atoms with Gasteiger partial charge >= 0.3 is 0 Å². The molecule has 2 N–H and O–H groups in total. The van der Waals surface area contributed by atoms with E-state index in [1.54, 1.807) is 6.07 Å². The number of amides is 2. The van der Waals surface area contributed by atoms with Crippen molar-refractivity contribution in [3.8, 4) is 0 Å². The van der Waals surface area contributed by atoms with E-state index in [1.807, 2.05) is 62.4 Å². The van der Waals surface area contributed by atoms with Crippen LogP contribution in [0, 0.1) is 6.92 Å². The van der Waals surface area contributed by atoms with Crippen LogP contribution in [0.2, 0.25) is 0 Å². The van der Waals surface area contributed by atoms with E-state index in [9.17, 15) is 9.59 Å². The maximum Gasteiger partial charge on any atom is 0.252 e. The van der Waals surface area contributed by atoms with E-state index in [0.717, 1.165) is 18.4 Å². The highest BCUT2D eigenvalue weighted by Crippen LogP contribution is 2.08. The average molecular weight is 338 g/mol. The van der Waals surface area contributed by atoms with E-state index in [-0.39, 0.29) is 11.8 Å². The van der Waals surface area contributed by atoms with Gasteiger partial charge in [-0.25, -0.2) is 0 Å². The minimum Gasteiger partial charge on any atom is -0.354 e. The van der Waals surface area contributed by atoms with Crippen molar-refractivity contribution in [1.29, 1.82) is 0 Å². The number of nitrogens with one attached hydrogen (secondary N) is 2. The SMILES string of the molecule is CCCC(NC(=O)c1ccccc1C)C(=O)NCCc1ccccc1. The molecule has 0 heterocycles. The molecule has 1 atom stereocenters. The highest BCUT2D eigenvalue weighted by molar-refractivity contribution is 5.98. The van der Waals surface area contributed by atoms with Crippen LogP contribution in [-0.4, -0.2) is 24.4 Å². The molecule has 0 radical (unpaired) electrons. The highest BCUT2D eigenvalue weighted by atomic mass is 16.2. The van der Waals surface area contributed by atoms with Gasteiger partial charge < -0.3 is 10.6 Å². The molecule has 4 heteroatoms.